The van der Waals surface area contributed by atoms with Gasteiger partial charge in [-0.1, -0.05) is 54.6 Å². The zero-order valence-electron chi connectivity index (χ0n) is 19.9. The fourth-order valence-corrected chi connectivity index (χ4v) is 4.66. The fourth-order valence-electron chi connectivity index (χ4n) is 3.75. The second-order valence-electron chi connectivity index (χ2n) is 8.29. The van der Waals surface area contributed by atoms with E-state index in [0.29, 0.717) is 39.2 Å². The minimum atomic E-state index is -3.42. The summed E-state index contributed by atoms with van der Waals surface area (Å²) in [5.74, 6) is -0.963. The number of carbonyl (C=O) groups is 2. The van der Waals surface area contributed by atoms with E-state index in [2.05, 4.69) is 10.6 Å². The van der Waals surface area contributed by atoms with Gasteiger partial charge in [-0.3, -0.25) is 15.0 Å². The average molecular weight is 513 g/mol. The van der Waals surface area contributed by atoms with E-state index < -0.39 is 21.7 Å². The Hall–Kier alpha value is -4.76. The van der Waals surface area contributed by atoms with Gasteiger partial charge < -0.3 is 16.4 Å². The summed E-state index contributed by atoms with van der Waals surface area (Å²) in [5, 5.41) is 13.1. The molecule has 0 aromatic heterocycles. The molecular weight excluding hydrogens is 488 g/mol. The number of rotatable bonds is 7. The summed E-state index contributed by atoms with van der Waals surface area (Å²) in [6, 6.07) is 26.5. The number of nitrogens with two attached hydrogens (primary N) is 1. The number of para-hydroxylation sites is 2. The molecule has 0 fully saturated rings. The Balaban J connectivity index is 1.53. The lowest BCUT2D eigenvalue weighted by Gasteiger charge is -2.13. The third-order valence-electron chi connectivity index (χ3n) is 5.60. The van der Waals surface area contributed by atoms with Crippen molar-refractivity contribution < 1.29 is 18.0 Å². The number of hydrogen-bond acceptors (Lipinski definition) is 5. The first-order chi connectivity index (χ1) is 17.6. The van der Waals surface area contributed by atoms with E-state index in [1.54, 1.807) is 91.0 Å². The maximum atomic E-state index is 13.0. The summed E-state index contributed by atoms with van der Waals surface area (Å²) in [4.78, 5) is 26.0. The number of amides is 2. The molecule has 0 unspecified atom stereocenters. The number of nitrogen functional groups attached to an aromatic ring is 1. The summed E-state index contributed by atoms with van der Waals surface area (Å²) >= 11 is 0. The molecule has 0 aliphatic heterocycles. The monoisotopic (exact) mass is 512 g/mol. The largest absolute Gasteiger partial charge is 0.384 e. The van der Waals surface area contributed by atoms with Gasteiger partial charge in [-0.15, -0.1) is 0 Å². The Morgan fingerprint density at radius 3 is 1.84 bits per heavy atom. The summed E-state index contributed by atoms with van der Waals surface area (Å²) in [6.45, 7) is 0. The van der Waals surface area contributed by atoms with Gasteiger partial charge in [-0.05, 0) is 48.0 Å². The van der Waals surface area contributed by atoms with E-state index in [1.165, 1.54) is 6.07 Å². The SMILES string of the molecule is CS(=O)(=O)c1ccccc1-c1ccc(C(=O)Nc2ccccc2NC(=O)c2cccc(C(=N)N)c2)cc1. The molecule has 0 heterocycles. The molecule has 0 bridgehead atoms. The van der Waals surface area contributed by atoms with Crippen LogP contribution in [0.15, 0.2) is 102 Å². The van der Waals surface area contributed by atoms with E-state index in [1.807, 2.05) is 0 Å². The van der Waals surface area contributed by atoms with E-state index in [-0.39, 0.29) is 10.7 Å². The summed E-state index contributed by atoms with van der Waals surface area (Å²) in [7, 11) is -3.42. The van der Waals surface area contributed by atoms with Gasteiger partial charge in [0.1, 0.15) is 5.84 Å². The fraction of sp³-hybridized carbons (Fsp3) is 0.0357. The summed E-state index contributed by atoms with van der Waals surface area (Å²) < 4.78 is 24.3. The number of amidine groups is 1. The van der Waals surface area contributed by atoms with Crippen LogP contribution in [0.2, 0.25) is 0 Å². The number of benzene rings is 4. The van der Waals surface area contributed by atoms with Crippen LogP contribution in [0, 0.1) is 5.41 Å². The normalized spacial score (nSPS) is 10.9. The van der Waals surface area contributed by atoms with Gasteiger partial charge in [-0.2, -0.15) is 0 Å². The van der Waals surface area contributed by atoms with Crippen molar-refractivity contribution in [2.45, 2.75) is 4.90 Å². The zero-order valence-corrected chi connectivity index (χ0v) is 20.7. The first-order valence-electron chi connectivity index (χ1n) is 11.2. The van der Waals surface area contributed by atoms with Crippen LogP contribution < -0.4 is 16.4 Å². The number of sulfone groups is 1. The summed E-state index contributed by atoms with van der Waals surface area (Å²) in [5.41, 5.74) is 8.63. The van der Waals surface area contributed by atoms with Crippen LogP contribution >= 0.6 is 0 Å². The minimum Gasteiger partial charge on any atom is -0.384 e. The number of anilines is 2. The van der Waals surface area contributed by atoms with Gasteiger partial charge >= 0.3 is 0 Å². The topological polar surface area (TPSA) is 142 Å². The molecule has 4 aromatic rings. The predicted octanol–water partition coefficient (Wildman–Crippen LogP) is 4.55. The molecule has 186 valence electrons. The third kappa shape index (κ3) is 5.91. The molecule has 0 radical (unpaired) electrons. The smallest absolute Gasteiger partial charge is 0.255 e. The van der Waals surface area contributed by atoms with Crippen LogP contribution in [0.25, 0.3) is 11.1 Å². The lowest BCUT2D eigenvalue weighted by atomic mass is 10.0. The first kappa shape index (κ1) is 25.3. The Kier molecular flexibility index (Phi) is 7.17. The Labute approximate surface area is 214 Å². The zero-order chi connectivity index (χ0) is 26.6. The molecule has 0 atom stereocenters. The van der Waals surface area contributed by atoms with E-state index in [9.17, 15) is 18.0 Å². The van der Waals surface area contributed by atoms with Gasteiger partial charge in [0.2, 0.25) is 0 Å². The predicted molar refractivity (Wildman–Crippen MR) is 145 cm³/mol. The van der Waals surface area contributed by atoms with Crippen LogP contribution in [-0.2, 0) is 9.84 Å². The molecule has 0 saturated carbocycles. The molecule has 0 spiro atoms. The summed E-state index contributed by atoms with van der Waals surface area (Å²) in [6.07, 6.45) is 1.16. The third-order valence-corrected chi connectivity index (χ3v) is 6.76. The Morgan fingerprint density at radius 2 is 1.24 bits per heavy atom. The molecule has 0 aliphatic carbocycles. The van der Waals surface area contributed by atoms with Gasteiger partial charge in [-0.25, -0.2) is 8.42 Å². The van der Waals surface area contributed by atoms with Crippen molar-refractivity contribution in [3.8, 4) is 11.1 Å². The van der Waals surface area contributed by atoms with Gasteiger partial charge in [0.05, 0.1) is 16.3 Å². The van der Waals surface area contributed by atoms with Crippen LogP contribution in [-0.4, -0.2) is 32.3 Å². The van der Waals surface area contributed by atoms with E-state index in [0.717, 1.165) is 6.26 Å². The second kappa shape index (κ2) is 10.5. The number of carbonyl (C=O) groups excluding carboxylic acids is 2. The van der Waals surface area contributed by atoms with E-state index in [4.69, 9.17) is 11.1 Å². The van der Waals surface area contributed by atoms with Crippen molar-refractivity contribution in [2.75, 3.05) is 16.9 Å². The molecule has 8 nitrogen and oxygen atoms in total. The van der Waals surface area contributed by atoms with Gasteiger partial charge in [0.25, 0.3) is 11.8 Å². The average Bonchev–Trinajstić information content (AvgIpc) is 2.89. The van der Waals surface area contributed by atoms with Gasteiger partial charge in [0.15, 0.2) is 9.84 Å². The lowest BCUT2D eigenvalue weighted by molar-refractivity contribution is 0.101. The Bertz CT molecular complexity index is 1610. The van der Waals surface area contributed by atoms with Crippen molar-refractivity contribution in [1.29, 1.82) is 5.41 Å². The number of nitrogens with one attached hydrogen (secondary N) is 3. The molecule has 0 saturated heterocycles. The highest BCUT2D eigenvalue weighted by Crippen LogP contribution is 2.28. The van der Waals surface area contributed by atoms with Crippen molar-refractivity contribution in [2.24, 2.45) is 5.73 Å². The molecule has 2 amide bonds. The second-order valence-corrected chi connectivity index (χ2v) is 10.3. The van der Waals surface area contributed by atoms with Crippen molar-refractivity contribution in [3.63, 3.8) is 0 Å². The molecule has 4 aromatic carbocycles. The quantitative estimate of drug-likeness (QED) is 0.212. The molecule has 37 heavy (non-hydrogen) atoms. The molecule has 9 heteroatoms. The van der Waals surface area contributed by atoms with Gasteiger partial charge in [0, 0.05) is 28.5 Å². The highest BCUT2D eigenvalue weighted by molar-refractivity contribution is 7.90. The van der Waals surface area contributed by atoms with E-state index >= 15 is 0 Å². The molecular formula is C28H24N4O4S. The van der Waals surface area contributed by atoms with Crippen LogP contribution in [0.5, 0.6) is 0 Å². The highest BCUT2D eigenvalue weighted by Gasteiger charge is 2.16. The molecule has 0 aliphatic rings. The molecule has 5 N–H and O–H groups in total. The standard InChI is InChI=1S/C28H24N4O4S/c1-37(35,36)25-12-5-2-9-22(25)18-13-15-19(16-14-18)27(33)31-23-10-3-4-11-24(23)32-28(34)21-8-6-7-20(17-21)26(29)30/h2-17H,1H3,(H3,29,30)(H,31,33)(H,32,34). The molecule has 4 rings (SSSR count). The Morgan fingerprint density at radius 1 is 0.703 bits per heavy atom. The van der Waals surface area contributed by atoms with Crippen LogP contribution in [0.1, 0.15) is 26.3 Å². The number of hydrogen-bond donors (Lipinski definition) is 4. The van der Waals surface area contributed by atoms with Crippen LogP contribution in [0.3, 0.4) is 0 Å². The van der Waals surface area contributed by atoms with Crippen molar-refractivity contribution in [1.82, 2.24) is 0 Å². The highest BCUT2D eigenvalue weighted by atomic mass is 32.2. The van der Waals surface area contributed by atoms with Crippen molar-refractivity contribution in [3.05, 3.63) is 114 Å². The van der Waals surface area contributed by atoms with Crippen LogP contribution in [0.4, 0.5) is 11.4 Å². The minimum absolute atomic E-state index is 0.145. The van der Waals surface area contributed by atoms with Crippen molar-refractivity contribution >= 4 is 38.9 Å². The maximum absolute atomic E-state index is 13.0. The maximum Gasteiger partial charge on any atom is 0.255 e. The first-order valence-corrected chi connectivity index (χ1v) is 13.1. The lowest BCUT2D eigenvalue weighted by Crippen LogP contribution is -2.18.